The summed E-state index contributed by atoms with van der Waals surface area (Å²) >= 11 is 5.74. The van der Waals surface area contributed by atoms with Crippen molar-refractivity contribution in [2.75, 3.05) is 23.4 Å². The second-order valence-corrected chi connectivity index (χ2v) is 9.36. The first-order chi connectivity index (χ1) is 16.7. The highest BCUT2D eigenvalue weighted by atomic mass is 35.5. The number of carbonyl (C=O) groups excluding carboxylic acids is 3. The van der Waals surface area contributed by atoms with Gasteiger partial charge in [0.15, 0.2) is 0 Å². The Bertz CT molecular complexity index is 1240. The summed E-state index contributed by atoms with van der Waals surface area (Å²) in [5.41, 5.74) is 1.50. The van der Waals surface area contributed by atoms with Crippen LogP contribution in [0.1, 0.15) is 36.8 Å². The van der Waals surface area contributed by atoms with Crippen molar-refractivity contribution < 1.29 is 27.9 Å². The smallest absolute Gasteiger partial charge is 0.319 e. The average Bonchev–Trinajstić information content (AvgIpc) is 3.28. The van der Waals surface area contributed by atoms with E-state index in [-0.39, 0.29) is 41.5 Å². The highest BCUT2D eigenvalue weighted by Crippen LogP contribution is 2.46. The topological polar surface area (TPSA) is 99.8 Å². The van der Waals surface area contributed by atoms with Crippen LogP contribution in [0.25, 0.3) is 0 Å². The van der Waals surface area contributed by atoms with E-state index in [1.54, 1.807) is 0 Å². The Morgan fingerprint density at radius 1 is 1.20 bits per heavy atom. The van der Waals surface area contributed by atoms with Gasteiger partial charge in [0.1, 0.15) is 17.4 Å². The lowest BCUT2D eigenvalue weighted by Crippen LogP contribution is -2.66. The molecule has 0 bridgehead atoms. The summed E-state index contributed by atoms with van der Waals surface area (Å²) in [7, 11) is 0. The molecule has 2 fully saturated rings. The van der Waals surface area contributed by atoms with Crippen molar-refractivity contribution in [3.8, 4) is 5.75 Å². The lowest BCUT2D eigenvalue weighted by atomic mass is 9.85. The van der Waals surface area contributed by atoms with Gasteiger partial charge in [-0.2, -0.15) is 0 Å². The van der Waals surface area contributed by atoms with Crippen LogP contribution in [-0.2, 0) is 16.0 Å². The molecule has 2 aromatic carbocycles. The van der Waals surface area contributed by atoms with Gasteiger partial charge in [0, 0.05) is 47.6 Å². The van der Waals surface area contributed by atoms with Gasteiger partial charge in [-0.3, -0.25) is 14.9 Å². The van der Waals surface area contributed by atoms with E-state index in [0.717, 1.165) is 6.07 Å². The molecule has 184 valence electrons. The highest BCUT2D eigenvalue weighted by molar-refractivity contribution is 6.30. The number of rotatable bonds is 4. The van der Waals surface area contributed by atoms with Crippen molar-refractivity contribution in [1.82, 2.24) is 10.6 Å². The first-order valence-corrected chi connectivity index (χ1v) is 11.7. The van der Waals surface area contributed by atoms with Gasteiger partial charge in [-0.15, -0.1) is 0 Å². The van der Waals surface area contributed by atoms with Gasteiger partial charge in [-0.25, -0.2) is 13.6 Å². The minimum atomic E-state index is -0.739. The summed E-state index contributed by atoms with van der Waals surface area (Å²) in [5, 5.41) is 7.78. The average molecular weight is 505 g/mol. The largest absolute Gasteiger partial charge is 0.491 e. The molecule has 0 spiro atoms. The maximum Gasteiger partial charge on any atom is 0.319 e. The van der Waals surface area contributed by atoms with Gasteiger partial charge in [0.2, 0.25) is 11.8 Å². The lowest BCUT2D eigenvalue weighted by Gasteiger charge is -2.48. The Morgan fingerprint density at radius 2 is 2.00 bits per heavy atom. The highest BCUT2D eigenvalue weighted by Gasteiger charge is 2.41. The molecule has 35 heavy (non-hydrogen) atoms. The molecule has 0 aromatic heterocycles. The molecule has 0 unspecified atom stereocenters. The van der Waals surface area contributed by atoms with E-state index >= 15 is 4.39 Å². The molecular formula is C24H23ClF2N4O4. The number of anilines is 2. The van der Waals surface area contributed by atoms with Crippen LogP contribution in [0.4, 0.5) is 25.0 Å². The van der Waals surface area contributed by atoms with E-state index in [0.29, 0.717) is 42.1 Å². The SMILES string of the molecule is C[C@H]1[C@@H](NC(=O)Nc2ccc(Cl)cc2F)CN1c1cc(F)c([C@@H]2CCC(=O)NC2=O)c2c1OCC2. The van der Waals surface area contributed by atoms with Crippen LogP contribution in [0, 0.1) is 11.6 Å². The Labute approximate surface area is 204 Å². The van der Waals surface area contributed by atoms with Crippen molar-refractivity contribution >= 4 is 40.8 Å². The molecule has 4 amide bonds. The predicted molar refractivity (Wildman–Crippen MR) is 125 cm³/mol. The molecule has 3 aliphatic rings. The molecule has 3 heterocycles. The van der Waals surface area contributed by atoms with Crippen molar-refractivity contribution in [3.63, 3.8) is 0 Å². The van der Waals surface area contributed by atoms with E-state index in [4.69, 9.17) is 16.3 Å². The number of amides is 4. The number of nitrogens with zero attached hydrogens (tertiary/aromatic N) is 1. The summed E-state index contributed by atoms with van der Waals surface area (Å²) < 4.78 is 35.1. The Hall–Kier alpha value is -3.40. The summed E-state index contributed by atoms with van der Waals surface area (Å²) in [6, 6.07) is 4.30. The number of nitrogens with one attached hydrogen (secondary N) is 3. The van der Waals surface area contributed by atoms with Gasteiger partial charge < -0.3 is 20.3 Å². The van der Waals surface area contributed by atoms with Gasteiger partial charge in [-0.05, 0) is 31.5 Å². The quantitative estimate of drug-likeness (QED) is 0.554. The molecule has 0 radical (unpaired) electrons. The van der Waals surface area contributed by atoms with Crippen LogP contribution in [0.2, 0.25) is 5.02 Å². The van der Waals surface area contributed by atoms with Crippen molar-refractivity contribution in [1.29, 1.82) is 0 Å². The van der Waals surface area contributed by atoms with Gasteiger partial charge >= 0.3 is 6.03 Å². The molecule has 11 heteroatoms. The first kappa shape index (κ1) is 23.3. The number of imide groups is 1. The van der Waals surface area contributed by atoms with Crippen LogP contribution >= 0.6 is 11.6 Å². The zero-order valence-electron chi connectivity index (χ0n) is 18.8. The number of hydrogen-bond donors (Lipinski definition) is 3. The zero-order chi connectivity index (χ0) is 24.9. The van der Waals surface area contributed by atoms with E-state index in [1.165, 1.54) is 18.2 Å². The first-order valence-electron chi connectivity index (χ1n) is 11.3. The predicted octanol–water partition coefficient (Wildman–Crippen LogP) is 3.47. The van der Waals surface area contributed by atoms with E-state index in [9.17, 15) is 18.8 Å². The molecule has 2 aromatic rings. The number of benzene rings is 2. The van der Waals surface area contributed by atoms with Crippen LogP contribution in [0.5, 0.6) is 5.75 Å². The number of piperidine rings is 1. The maximum atomic E-state index is 15.4. The third kappa shape index (κ3) is 4.27. The summed E-state index contributed by atoms with van der Waals surface area (Å²) in [5.74, 6) is -2.21. The second-order valence-electron chi connectivity index (χ2n) is 8.92. The fraction of sp³-hybridized carbons (Fsp3) is 0.375. The lowest BCUT2D eigenvalue weighted by molar-refractivity contribution is -0.134. The number of ether oxygens (including phenoxy) is 1. The third-order valence-corrected chi connectivity index (χ3v) is 7.05. The number of carbonyl (C=O) groups is 3. The van der Waals surface area contributed by atoms with Gasteiger partial charge in [0.25, 0.3) is 0 Å². The van der Waals surface area contributed by atoms with E-state index in [1.807, 2.05) is 11.8 Å². The van der Waals surface area contributed by atoms with Crippen molar-refractivity contribution in [2.45, 2.75) is 44.2 Å². The molecule has 3 aliphatic heterocycles. The molecule has 0 saturated carbocycles. The van der Waals surface area contributed by atoms with Crippen molar-refractivity contribution in [2.24, 2.45) is 0 Å². The molecule has 5 rings (SSSR count). The van der Waals surface area contributed by atoms with Crippen LogP contribution in [-0.4, -0.2) is 43.1 Å². The third-order valence-electron chi connectivity index (χ3n) is 6.81. The van der Waals surface area contributed by atoms with Gasteiger partial charge in [-0.1, -0.05) is 11.6 Å². The van der Waals surface area contributed by atoms with Crippen molar-refractivity contribution in [3.05, 3.63) is 52.0 Å². The summed E-state index contributed by atoms with van der Waals surface area (Å²) in [4.78, 5) is 38.2. The number of halogens is 3. The number of hydrogen-bond acceptors (Lipinski definition) is 5. The van der Waals surface area contributed by atoms with E-state index < -0.39 is 29.5 Å². The molecule has 8 nitrogen and oxygen atoms in total. The van der Waals surface area contributed by atoms with Crippen LogP contribution < -0.4 is 25.6 Å². The summed E-state index contributed by atoms with van der Waals surface area (Å²) in [6.07, 6.45) is 0.876. The molecular weight excluding hydrogens is 482 g/mol. The van der Waals surface area contributed by atoms with E-state index in [2.05, 4.69) is 16.0 Å². The standard InChI is InChI=1S/C24H23ClF2N4O4/c1-11-18(29-24(34)28-17-4-2-12(25)8-15(17)26)10-31(11)19-9-16(27)21(13-6-7-35-22(13)19)14-3-5-20(32)30-23(14)33/h2,4,8-9,11,14,18H,3,5-7,10H2,1H3,(H2,28,29,34)(H,30,32,33)/t11-,14-,18-/m0/s1. The number of fused-ring (bicyclic) bond motifs is 1. The number of urea groups is 1. The second kappa shape index (κ2) is 8.99. The van der Waals surface area contributed by atoms with Crippen LogP contribution in [0.15, 0.2) is 24.3 Å². The zero-order valence-corrected chi connectivity index (χ0v) is 19.5. The minimum Gasteiger partial charge on any atom is -0.491 e. The fourth-order valence-corrected chi connectivity index (χ4v) is 5.08. The summed E-state index contributed by atoms with van der Waals surface area (Å²) in [6.45, 7) is 2.64. The molecule has 3 atom stereocenters. The Morgan fingerprint density at radius 3 is 2.71 bits per heavy atom. The maximum absolute atomic E-state index is 15.4. The molecule has 3 N–H and O–H groups in total. The van der Waals surface area contributed by atoms with Crippen LogP contribution in [0.3, 0.4) is 0 Å². The normalized spacial score (nSPS) is 23.2. The molecule has 2 saturated heterocycles. The minimum absolute atomic E-state index is 0.00746. The fourth-order valence-electron chi connectivity index (χ4n) is 4.92. The Kier molecular flexibility index (Phi) is 6.00. The Balaban J connectivity index is 1.30. The molecule has 0 aliphatic carbocycles. The van der Waals surface area contributed by atoms with Gasteiger partial charge in [0.05, 0.1) is 29.9 Å². The monoisotopic (exact) mass is 504 g/mol.